The van der Waals surface area contributed by atoms with E-state index in [4.69, 9.17) is 16.3 Å². The number of nitrogens with zero attached hydrogens (tertiary/aromatic N) is 2. The maximum Gasteiger partial charge on any atom is 0.138 e. The van der Waals surface area contributed by atoms with Crippen LogP contribution in [0.15, 0.2) is 6.33 Å². The summed E-state index contributed by atoms with van der Waals surface area (Å²) in [5, 5.41) is 4.03. The van der Waals surface area contributed by atoms with Gasteiger partial charge in [-0.2, -0.15) is 0 Å². The molecule has 0 spiro atoms. The van der Waals surface area contributed by atoms with Crippen LogP contribution in [0.5, 0.6) is 0 Å². The number of halogens is 1. The zero-order valence-electron chi connectivity index (χ0n) is 11.1. The number of aromatic nitrogens is 2. The minimum atomic E-state index is 0.302. The molecule has 1 aliphatic heterocycles. The zero-order valence-corrected chi connectivity index (χ0v) is 11.9. The van der Waals surface area contributed by atoms with Crippen molar-refractivity contribution in [3.8, 4) is 0 Å². The fraction of sp³-hybridized carbons (Fsp3) is 0.692. The predicted molar refractivity (Wildman–Crippen MR) is 73.2 cm³/mol. The minimum absolute atomic E-state index is 0.302. The Labute approximate surface area is 113 Å². The molecule has 5 heteroatoms. The molecule has 1 aliphatic rings. The Bertz CT molecular complexity index is 411. The topological polar surface area (TPSA) is 47.0 Å². The summed E-state index contributed by atoms with van der Waals surface area (Å²) in [6.45, 7) is 7.10. The third-order valence-corrected chi connectivity index (χ3v) is 3.54. The van der Waals surface area contributed by atoms with Crippen molar-refractivity contribution in [2.45, 2.75) is 51.7 Å². The van der Waals surface area contributed by atoms with E-state index in [1.54, 1.807) is 0 Å². The van der Waals surface area contributed by atoms with Crippen LogP contribution < -0.4 is 5.32 Å². The minimum Gasteiger partial charge on any atom is -0.378 e. The van der Waals surface area contributed by atoms with Gasteiger partial charge in [0.15, 0.2) is 0 Å². The van der Waals surface area contributed by atoms with Gasteiger partial charge in [-0.15, -0.1) is 0 Å². The number of hydrogen-bond acceptors (Lipinski definition) is 4. The van der Waals surface area contributed by atoms with E-state index in [1.165, 1.54) is 6.33 Å². The SMILES string of the molecule is CC1CC(Nc2ncnc(Cl)c2C(C)C)CCO1. The molecule has 2 heterocycles. The van der Waals surface area contributed by atoms with E-state index in [2.05, 4.69) is 36.1 Å². The molecule has 2 unspecified atom stereocenters. The standard InChI is InChI=1S/C13H20ClN3O/c1-8(2)11-12(14)15-7-16-13(11)17-10-4-5-18-9(3)6-10/h7-10H,4-6H2,1-3H3,(H,15,16,17). The average molecular weight is 270 g/mol. The van der Waals surface area contributed by atoms with E-state index in [0.717, 1.165) is 30.8 Å². The molecule has 1 saturated heterocycles. The highest BCUT2D eigenvalue weighted by Gasteiger charge is 2.22. The molecule has 2 atom stereocenters. The fourth-order valence-electron chi connectivity index (χ4n) is 2.32. The molecule has 2 rings (SSSR count). The number of rotatable bonds is 3. The maximum absolute atomic E-state index is 6.15. The Balaban J connectivity index is 2.15. The number of anilines is 1. The first kappa shape index (κ1) is 13.6. The first-order valence-corrected chi connectivity index (χ1v) is 6.84. The van der Waals surface area contributed by atoms with Gasteiger partial charge in [-0.25, -0.2) is 9.97 Å². The van der Waals surface area contributed by atoms with Gasteiger partial charge in [-0.3, -0.25) is 0 Å². The Hall–Kier alpha value is -0.870. The molecule has 0 aliphatic carbocycles. The highest BCUT2D eigenvalue weighted by molar-refractivity contribution is 6.30. The summed E-state index contributed by atoms with van der Waals surface area (Å²) < 4.78 is 5.55. The Morgan fingerprint density at radius 1 is 1.44 bits per heavy atom. The van der Waals surface area contributed by atoms with Crippen LogP contribution in [-0.4, -0.2) is 28.7 Å². The summed E-state index contributed by atoms with van der Waals surface area (Å²) in [5.41, 5.74) is 0.998. The molecule has 100 valence electrons. The quantitative estimate of drug-likeness (QED) is 0.856. The van der Waals surface area contributed by atoms with Crippen molar-refractivity contribution in [1.29, 1.82) is 0 Å². The summed E-state index contributed by atoms with van der Waals surface area (Å²) in [5.74, 6) is 1.17. The van der Waals surface area contributed by atoms with Crippen LogP contribution in [0.1, 0.15) is 45.1 Å². The molecule has 0 saturated carbocycles. The normalized spacial score (nSPS) is 24.3. The van der Waals surface area contributed by atoms with Gasteiger partial charge in [0.1, 0.15) is 17.3 Å². The number of nitrogens with one attached hydrogen (secondary N) is 1. The number of ether oxygens (including phenoxy) is 1. The average Bonchev–Trinajstić information content (AvgIpc) is 2.28. The second-order valence-corrected chi connectivity index (χ2v) is 5.49. The highest BCUT2D eigenvalue weighted by Crippen LogP contribution is 2.29. The fourth-order valence-corrected chi connectivity index (χ4v) is 2.67. The maximum atomic E-state index is 6.15. The summed E-state index contributed by atoms with van der Waals surface area (Å²) >= 11 is 6.15. The van der Waals surface area contributed by atoms with E-state index in [0.29, 0.717) is 23.2 Å². The van der Waals surface area contributed by atoms with Crippen molar-refractivity contribution in [3.05, 3.63) is 17.0 Å². The van der Waals surface area contributed by atoms with Crippen LogP contribution >= 0.6 is 11.6 Å². The van der Waals surface area contributed by atoms with Gasteiger partial charge in [0.05, 0.1) is 6.10 Å². The second-order valence-electron chi connectivity index (χ2n) is 5.13. The summed E-state index contributed by atoms with van der Waals surface area (Å²) in [4.78, 5) is 8.39. The van der Waals surface area contributed by atoms with Gasteiger partial charge in [0, 0.05) is 18.2 Å². The van der Waals surface area contributed by atoms with Crippen LogP contribution in [0.3, 0.4) is 0 Å². The van der Waals surface area contributed by atoms with Gasteiger partial charge >= 0.3 is 0 Å². The molecule has 0 amide bonds. The van der Waals surface area contributed by atoms with Gasteiger partial charge in [-0.1, -0.05) is 25.4 Å². The third kappa shape index (κ3) is 3.12. The molecule has 1 fully saturated rings. The molecule has 0 radical (unpaired) electrons. The van der Waals surface area contributed by atoms with E-state index >= 15 is 0 Å². The van der Waals surface area contributed by atoms with Gasteiger partial charge in [0.2, 0.25) is 0 Å². The molecule has 1 N–H and O–H groups in total. The van der Waals surface area contributed by atoms with E-state index < -0.39 is 0 Å². The lowest BCUT2D eigenvalue weighted by molar-refractivity contribution is 0.0231. The molecule has 1 aromatic heterocycles. The van der Waals surface area contributed by atoms with Crippen molar-refractivity contribution < 1.29 is 4.74 Å². The first-order valence-electron chi connectivity index (χ1n) is 6.46. The molecule has 1 aromatic rings. The molecule has 18 heavy (non-hydrogen) atoms. The predicted octanol–water partition coefficient (Wildman–Crippen LogP) is 3.23. The van der Waals surface area contributed by atoms with Crippen LogP contribution in [0.4, 0.5) is 5.82 Å². The molecule has 0 bridgehead atoms. The lowest BCUT2D eigenvalue weighted by Crippen LogP contribution is -2.33. The van der Waals surface area contributed by atoms with Crippen molar-refractivity contribution in [2.24, 2.45) is 0 Å². The van der Waals surface area contributed by atoms with Gasteiger partial charge < -0.3 is 10.1 Å². The smallest absolute Gasteiger partial charge is 0.138 e. The van der Waals surface area contributed by atoms with Crippen LogP contribution in [0, 0.1) is 0 Å². The largest absolute Gasteiger partial charge is 0.378 e. The second kappa shape index (κ2) is 5.85. The monoisotopic (exact) mass is 269 g/mol. The molecule has 4 nitrogen and oxygen atoms in total. The lowest BCUT2D eigenvalue weighted by atomic mass is 10.0. The zero-order chi connectivity index (χ0) is 13.1. The van der Waals surface area contributed by atoms with Gasteiger partial charge in [-0.05, 0) is 25.7 Å². The number of hydrogen-bond donors (Lipinski definition) is 1. The highest BCUT2D eigenvalue weighted by atomic mass is 35.5. The van der Waals surface area contributed by atoms with Crippen molar-refractivity contribution >= 4 is 17.4 Å². The third-order valence-electron chi connectivity index (χ3n) is 3.24. The summed E-state index contributed by atoms with van der Waals surface area (Å²) in [6, 6.07) is 0.400. The van der Waals surface area contributed by atoms with Crippen molar-refractivity contribution in [2.75, 3.05) is 11.9 Å². The van der Waals surface area contributed by atoms with Gasteiger partial charge in [0.25, 0.3) is 0 Å². The molecule has 0 aromatic carbocycles. The van der Waals surface area contributed by atoms with E-state index in [-0.39, 0.29) is 0 Å². The Morgan fingerprint density at radius 3 is 2.89 bits per heavy atom. The van der Waals surface area contributed by atoms with Crippen LogP contribution in [-0.2, 0) is 4.74 Å². The molecular weight excluding hydrogens is 250 g/mol. The Morgan fingerprint density at radius 2 is 2.22 bits per heavy atom. The van der Waals surface area contributed by atoms with Crippen molar-refractivity contribution in [3.63, 3.8) is 0 Å². The van der Waals surface area contributed by atoms with Crippen LogP contribution in [0.2, 0.25) is 5.15 Å². The summed E-state index contributed by atoms with van der Waals surface area (Å²) in [7, 11) is 0. The lowest BCUT2D eigenvalue weighted by Gasteiger charge is -2.29. The van der Waals surface area contributed by atoms with E-state index in [9.17, 15) is 0 Å². The summed E-state index contributed by atoms with van der Waals surface area (Å²) in [6.07, 6.45) is 3.82. The van der Waals surface area contributed by atoms with Crippen molar-refractivity contribution in [1.82, 2.24) is 9.97 Å². The van der Waals surface area contributed by atoms with Crippen LogP contribution in [0.25, 0.3) is 0 Å². The molecular formula is C13H20ClN3O. The van der Waals surface area contributed by atoms with E-state index in [1.807, 2.05) is 0 Å². The Kier molecular flexibility index (Phi) is 4.40. The first-order chi connectivity index (χ1) is 8.58.